The van der Waals surface area contributed by atoms with E-state index in [0.717, 1.165) is 42.3 Å². The first kappa shape index (κ1) is 20.6. The smallest absolute Gasteiger partial charge is 0.234 e. The van der Waals surface area contributed by atoms with Gasteiger partial charge in [-0.2, -0.15) is 5.26 Å². The topological polar surface area (TPSA) is 69.3 Å². The van der Waals surface area contributed by atoms with Crippen molar-refractivity contribution in [2.24, 2.45) is 0 Å². The van der Waals surface area contributed by atoms with E-state index in [0.29, 0.717) is 25.2 Å². The lowest BCUT2D eigenvalue weighted by Crippen LogP contribution is -2.32. The average molecular weight is 401 g/mol. The minimum Gasteiger partial charge on any atom is -0.343 e. The highest BCUT2D eigenvalue weighted by Crippen LogP contribution is 2.32. The summed E-state index contributed by atoms with van der Waals surface area (Å²) in [7, 11) is 0.387. The van der Waals surface area contributed by atoms with Crippen LogP contribution in [-0.2, 0) is 23.0 Å². The van der Waals surface area contributed by atoms with Crippen LogP contribution in [0, 0.1) is 11.3 Å². The number of nitriles is 1. The molecular weight excluding hydrogens is 372 g/mol. The molecule has 0 radical (unpaired) electrons. The van der Waals surface area contributed by atoms with Crippen LogP contribution in [-0.4, -0.2) is 55.9 Å². The van der Waals surface area contributed by atoms with Crippen LogP contribution in [0.3, 0.4) is 0 Å². The molecule has 0 spiro atoms. The molecule has 1 fully saturated rings. The largest absolute Gasteiger partial charge is 0.343 e. The monoisotopic (exact) mass is 400 g/mol. The van der Waals surface area contributed by atoms with Crippen LogP contribution >= 0.6 is 0 Å². The Bertz CT molecular complexity index is 995. The van der Waals surface area contributed by atoms with Crippen molar-refractivity contribution in [3.05, 3.63) is 48.2 Å². The lowest BCUT2D eigenvalue weighted by molar-refractivity contribution is 0.414. The van der Waals surface area contributed by atoms with Crippen LogP contribution in [0.5, 0.6) is 0 Å². The second kappa shape index (κ2) is 8.48. The van der Waals surface area contributed by atoms with Crippen LogP contribution < -0.4 is 0 Å². The molecule has 0 amide bonds. The molecule has 28 heavy (non-hydrogen) atoms. The minimum absolute atomic E-state index is 0.507. The van der Waals surface area contributed by atoms with Crippen LogP contribution in [0.1, 0.15) is 29.2 Å². The molecule has 1 aromatic carbocycles. The molecule has 1 aliphatic rings. The van der Waals surface area contributed by atoms with Gasteiger partial charge in [-0.1, -0.05) is 12.1 Å². The van der Waals surface area contributed by atoms with Gasteiger partial charge in [0.2, 0.25) is 10.0 Å². The van der Waals surface area contributed by atoms with E-state index in [-0.39, 0.29) is 0 Å². The fraction of sp³-hybridized carbons (Fsp3) is 0.476. The average Bonchev–Trinajstić information content (AvgIpc) is 3.30. The Kier molecular flexibility index (Phi) is 6.23. The molecule has 150 valence electrons. The lowest BCUT2D eigenvalue weighted by Gasteiger charge is -2.20. The Balaban J connectivity index is 2.05. The quantitative estimate of drug-likeness (QED) is 0.639. The highest BCUT2D eigenvalue weighted by Gasteiger charge is 2.35. The first-order valence-corrected chi connectivity index (χ1v) is 11.1. The van der Waals surface area contributed by atoms with Gasteiger partial charge in [-0.15, -0.1) is 6.58 Å². The fourth-order valence-corrected chi connectivity index (χ4v) is 5.48. The number of likely N-dealkylation sites (N-methyl/N-ethyl adjacent to an activating group) is 1. The third kappa shape index (κ3) is 4.00. The number of hydrogen-bond donors (Lipinski definition) is 0. The van der Waals surface area contributed by atoms with E-state index in [1.807, 2.05) is 38.4 Å². The Labute approximate surface area is 167 Å². The van der Waals surface area contributed by atoms with Gasteiger partial charge < -0.3 is 9.47 Å². The standard InChI is InChI=1S/C21H28N4O2S/c1-4-10-24-16-18(9-13-23(2)3)19-14-17(7-8-20(19)24)21(15-22)28(26,27)25-11-5-6-12-25/h4,7-8,14,16,21H,1,5-6,9-13H2,2-3H3. The summed E-state index contributed by atoms with van der Waals surface area (Å²) >= 11 is 0. The van der Waals surface area contributed by atoms with Gasteiger partial charge in [0.05, 0.1) is 6.07 Å². The maximum Gasteiger partial charge on any atom is 0.234 e. The Hall–Kier alpha value is -2.14. The second-order valence-corrected chi connectivity index (χ2v) is 9.60. The number of rotatable bonds is 8. The molecule has 0 N–H and O–H groups in total. The first-order valence-electron chi connectivity index (χ1n) is 9.64. The molecule has 0 saturated carbocycles. The zero-order chi connectivity index (χ0) is 20.3. The van der Waals surface area contributed by atoms with E-state index in [1.54, 1.807) is 6.07 Å². The zero-order valence-electron chi connectivity index (χ0n) is 16.6. The van der Waals surface area contributed by atoms with Gasteiger partial charge in [-0.3, -0.25) is 0 Å². The summed E-state index contributed by atoms with van der Waals surface area (Å²) in [5.41, 5.74) is 2.74. The molecule has 2 aromatic rings. The highest BCUT2D eigenvalue weighted by atomic mass is 32.2. The Morgan fingerprint density at radius 2 is 2.04 bits per heavy atom. The summed E-state index contributed by atoms with van der Waals surface area (Å²) in [5, 5.41) is 9.55. The molecule has 1 aromatic heterocycles. The molecular formula is C21H28N4O2S. The van der Waals surface area contributed by atoms with Gasteiger partial charge in [0.15, 0.2) is 5.25 Å². The lowest BCUT2D eigenvalue weighted by atomic mass is 10.1. The molecule has 1 atom stereocenters. The summed E-state index contributed by atoms with van der Waals surface area (Å²) in [6.07, 6.45) is 6.52. The van der Waals surface area contributed by atoms with E-state index in [9.17, 15) is 13.7 Å². The van der Waals surface area contributed by atoms with Crippen molar-refractivity contribution < 1.29 is 8.42 Å². The van der Waals surface area contributed by atoms with Gasteiger partial charge in [-0.25, -0.2) is 12.7 Å². The minimum atomic E-state index is -3.67. The van der Waals surface area contributed by atoms with Crippen LogP contribution in [0.25, 0.3) is 10.9 Å². The van der Waals surface area contributed by atoms with Crippen molar-refractivity contribution in [2.75, 3.05) is 33.7 Å². The number of benzene rings is 1. The molecule has 0 bridgehead atoms. The molecule has 1 unspecified atom stereocenters. The van der Waals surface area contributed by atoms with Gasteiger partial charge in [0.1, 0.15) is 0 Å². The first-order chi connectivity index (χ1) is 13.4. The van der Waals surface area contributed by atoms with E-state index < -0.39 is 15.3 Å². The van der Waals surface area contributed by atoms with Gasteiger partial charge in [0.25, 0.3) is 0 Å². The third-order valence-electron chi connectivity index (χ3n) is 5.28. The number of nitrogens with zero attached hydrogens (tertiary/aromatic N) is 4. The van der Waals surface area contributed by atoms with Gasteiger partial charge >= 0.3 is 0 Å². The summed E-state index contributed by atoms with van der Waals surface area (Å²) < 4.78 is 29.6. The van der Waals surface area contributed by atoms with E-state index >= 15 is 0 Å². The van der Waals surface area contributed by atoms with Crippen molar-refractivity contribution in [2.45, 2.75) is 31.1 Å². The predicted molar refractivity (Wildman–Crippen MR) is 112 cm³/mol. The highest BCUT2D eigenvalue weighted by molar-refractivity contribution is 7.89. The number of aromatic nitrogens is 1. The van der Waals surface area contributed by atoms with Crippen molar-refractivity contribution in [1.29, 1.82) is 5.26 Å². The van der Waals surface area contributed by atoms with Crippen LogP contribution in [0.4, 0.5) is 0 Å². The molecule has 7 heteroatoms. The van der Waals surface area contributed by atoms with Crippen molar-refractivity contribution in [3.63, 3.8) is 0 Å². The number of fused-ring (bicyclic) bond motifs is 1. The van der Waals surface area contributed by atoms with Gasteiger partial charge in [0, 0.05) is 43.3 Å². The number of allylic oxidation sites excluding steroid dienone is 1. The van der Waals surface area contributed by atoms with E-state index in [4.69, 9.17) is 0 Å². The summed E-state index contributed by atoms with van der Waals surface area (Å²) in [6.45, 7) is 6.42. The Morgan fingerprint density at radius 1 is 1.32 bits per heavy atom. The summed E-state index contributed by atoms with van der Waals surface area (Å²) in [4.78, 5) is 2.12. The zero-order valence-corrected chi connectivity index (χ0v) is 17.5. The van der Waals surface area contributed by atoms with Crippen molar-refractivity contribution in [3.8, 4) is 6.07 Å². The second-order valence-electron chi connectivity index (χ2n) is 7.59. The molecule has 1 aliphatic heterocycles. The molecule has 1 saturated heterocycles. The van der Waals surface area contributed by atoms with Gasteiger partial charge in [-0.05, 0) is 56.6 Å². The van der Waals surface area contributed by atoms with Crippen LogP contribution in [0.15, 0.2) is 37.1 Å². The third-order valence-corrected chi connectivity index (χ3v) is 7.34. The number of sulfonamides is 1. The fourth-order valence-electron chi connectivity index (χ4n) is 3.79. The molecule has 2 heterocycles. The summed E-state index contributed by atoms with van der Waals surface area (Å²) in [5.74, 6) is 0. The molecule has 6 nitrogen and oxygen atoms in total. The molecule has 0 aliphatic carbocycles. The molecule has 3 rings (SSSR count). The Morgan fingerprint density at radius 3 is 2.64 bits per heavy atom. The normalized spacial score (nSPS) is 16.5. The maximum atomic E-state index is 13.0. The summed E-state index contributed by atoms with van der Waals surface area (Å²) in [6, 6.07) is 7.64. The van der Waals surface area contributed by atoms with Crippen molar-refractivity contribution in [1.82, 2.24) is 13.8 Å². The van der Waals surface area contributed by atoms with Crippen molar-refractivity contribution >= 4 is 20.9 Å². The maximum absolute atomic E-state index is 13.0. The number of hydrogen-bond acceptors (Lipinski definition) is 4. The van der Waals surface area contributed by atoms with E-state index in [1.165, 1.54) is 4.31 Å². The predicted octanol–water partition coefficient (Wildman–Crippen LogP) is 2.92. The van der Waals surface area contributed by atoms with E-state index in [2.05, 4.69) is 22.2 Å². The van der Waals surface area contributed by atoms with Crippen LogP contribution in [0.2, 0.25) is 0 Å². The SMILES string of the molecule is C=CCn1cc(CCN(C)C)c2cc(C(C#N)S(=O)(=O)N3CCCC3)ccc21.